The fourth-order valence-corrected chi connectivity index (χ4v) is 1.78. The lowest BCUT2D eigenvalue weighted by molar-refractivity contribution is 0.414. The summed E-state index contributed by atoms with van der Waals surface area (Å²) < 4.78 is 6.77. The summed E-state index contributed by atoms with van der Waals surface area (Å²) in [5.74, 6) is 0.701. The van der Waals surface area contributed by atoms with Crippen molar-refractivity contribution in [2.24, 2.45) is 5.73 Å². The average Bonchev–Trinajstić information content (AvgIpc) is 2.75. The van der Waals surface area contributed by atoms with Gasteiger partial charge < -0.3 is 10.5 Å². The van der Waals surface area contributed by atoms with E-state index in [0.717, 1.165) is 11.3 Å². The maximum absolute atomic E-state index is 5.84. The zero-order valence-electron chi connectivity index (χ0n) is 9.05. The Morgan fingerprint density at radius 2 is 2.29 bits per heavy atom. The van der Waals surface area contributed by atoms with Crippen LogP contribution in [0.3, 0.4) is 0 Å². The first-order chi connectivity index (χ1) is 8.11. The minimum Gasteiger partial charge on any atom is -0.497 e. The van der Waals surface area contributed by atoms with Gasteiger partial charge in [0.1, 0.15) is 10.7 Å². The molecule has 0 spiro atoms. The van der Waals surface area contributed by atoms with E-state index in [-0.39, 0.29) is 0 Å². The Morgan fingerprint density at radius 3 is 2.82 bits per heavy atom. The minimum absolute atomic E-state index is 0.300. The number of hydrogen-bond donors (Lipinski definition) is 1. The third kappa shape index (κ3) is 2.40. The van der Waals surface area contributed by atoms with E-state index < -0.39 is 0 Å². The zero-order chi connectivity index (χ0) is 12.4. The van der Waals surface area contributed by atoms with Gasteiger partial charge in [0.05, 0.1) is 24.0 Å². The summed E-state index contributed by atoms with van der Waals surface area (Å²) in [7, 11) is 1.59. The largest absolute Gasteiger partial charge is 0.497 e. The fraction of sp³-hybridized carbons (Fsp3) is 0.0909. The Kier molecular flexibility index (Phi) is 3.31. The van der Waals surface area contributed by atoms with Gasteiger partial charge in [0.25, 0.3) is 0 Å². The third-order valence-electron chi connectivity index (χ3n) is 2.27. The quantitative estimate of drug-likeness (QED) is 0.866. The Balaban J connectivity index is 2.60. The van der Waals surface area contributed by atoms with Crippen LogP contribution in [0.1, 0.15) is 5.56 Å². The zero-order valence-corrected chi connectivity index (χ0v) is 10.6. The van der Waals surface area contributed by atoms with Crippen molar-refractivity contribution in [3.05, 3.63) is 41.2 Å². The van der Waals surface area contributed by atoms with Crippen LogP contribution in [0.5, 0.6) is 5.75 Å². The lowest BCUT2D eigenvalue weighted by Gasteiger charge is -2.10. The maximum atomic E-state index is 5.84. The van der Waals surface area contributed by atoms with Gasteiger partial charge in [-0.15, -0.1) is 0 Å². The van der Waals surface area contributed by atoms with Gasteiger partial charge in [-0.05, 0) is 12.1 Å². The maximum Gasteiger partial charge on any atom is 0.121 e. The van der Waals surface area contributed by atoms with Crippen LogP contribution in [-0.2, 0) is 0 Å². The number of nitrogens with two attached hydrogens (primary N) is 1. The molecule has 1 aromatic carbocycles. The second kappa shape index (κ2) is 4.73. The van der Waals surface area contributed by atoms with E-state index in [2.05, 4.69) is 5.10 Å². The van der Waals surface area contributed by atoms with Gasteiger partial charge in [-0.1, -0.05) is 23.8 Å². The van der Waals surface area contributed by atoms with E-state index in [0.29, 0.717) is 15.8 Å². The number of halogens is 1. The second-order valence-electron chi connectivity index (χ2n) is 3.35. The van der Waals surface area contributed by atoms with Gasteiger partial charge in [-0.25, -0.2) is 4.68 Å². The van der Waals surface area contributed by atoms with Gasteiger partial charge in [-0.2, -0.15) is 5.10 Å². The van der Waals surface area contributed by atoms with E-state index in [4.69, 9.17) is 34.3 Å². The Morgan fingerprint density at radius 1 is 1.53 bits per heavy atom. The molecule has 0 saturated heterocycles. The Labute approximate surface area is 109 Å². The molecule has 0 saturated carbocycles. The lowest BCUT2D eigenvalue weighted by Crippen LogP contribution is -2.13. The van der Waals surface area contributed by atoms with Crippen LogP contribution < -0.4 is 10.5 Å². The van der Waals surface area contributed by atoms with Gasteiger partial charge in [0.2, 0.25) is 0 Å². The third-order valence-corrected chi connectivity index (χ3v) is 2.68. The molecule has 2 N–H and O–H groups in total. The summed E-state index contributed by atoms with van der Waals surface area (Å²) >= 11 is 10.8. The number of rotatable bonds is 3. The molecule has 2 aromatic rings. The van der Waals surface area contributed by atoms with Gasteiger partial charge >= 0.3 is 0 Å². The van der Waals surface area contributed by atoms with Gasteiger partial charge in [0.15, 0.2) is 0 Å². The number of benzene rings is 1. The Hall–Kier alpha value is -1.59. The molecule has 0 aliphatic heterocycles. The molecule has 0 fully saturated rings. The Bertz CT molecular complexity index is 568. The minimum atomic E-state index is 0.300. The molecule has 0 aliphatic carbocycles. The molecule has 0 atom stereocenters. The number of aromatic nitrogens is 2. The van der Waals surface area contributed by atoms with E-state index in [1.165, 1.54) is 0 Å². The first-order valence-electron chi connectivity index (χ1n) is 4.80. The van der Waals surface area contributed by atoms with Crippen LogP contribution in [0.2, 0.25) is 5.02 Å². The standard InChI is InChI=1S/C11H10ClN3OS/c1-16-8-2-3-9(11(13)17)10(4-8)15-6-7(12)5-14-15/h2-6H,1H3,(H2,13,17). The molecule has 6 heteroatoms. The highest BCUT2D eigenvalue weighted by Gasteiger charge is 2.10. The van der Waals surface area contributed by atoms with Gasteiger partial charge in [0, 0.05) is 17.8 Å². The fourth-order valence-electron chi connectivity index (χ4n) is 1.47. The summed E-state index contributed by atoms with van der Waals surface area (Å²) in [5, 5.41) is 4.66. The van der Waals surface area contributed by atoms with E-state index in [1.807, 2.05) is 0 Å². The molecule has 0 unspecified atom stereocenters. The van der Waals surface area contributed by atoms with Crippen LogP contribution in [0, 0.1) is 0 Å². The molecule has 88 valence electrons. The summed E-state index contributed by atoms with van der Waals surface area (Å²) in [4.78, 5) is 0.300. The number of methoxy groups -OCH3 is 1. The second-order valence-corrected chi connectivity index (χ2v) is 4.23. The van der Waals surface area contributed by atoms with E-state index in [9.17, 15) is 0 Å². The molecule has 1 aromatic heterocycles. The van der Waals surface area contributed by atoms with Crippen molar-refractivity contribution in [3.8, 4) is 11.4 Å². The monoisotopic (exact) mass is 267 g/mol. The first kappa shape index (κ1) is 11.9. The highest BCUT2D eigenvalue weighted by molar-refractivity contribution is 7.80. The van der Waals surface area contributed by atoms with Crippen LogP contribution in [0.15, 0.2) is 30.6 Å². The van der Waals surface area contributed by atoms with Crippen molar-refractivity contribution in [2.75, 3.05) is 7.11 Å². The van der Waals surface area contributed by atoms with E-state index >= 15 is 0 Å². The highest BCUT2D eigenvalue weighted by atomic mass is 35.5. The normalized spacial score (nSPS) is 10.2. The molecule has 2 rings (SSSR count). The molecular weight excluding hydrogens is 258 g/mol. The molecule has 0 aliphatic rings. The molecular formula is C11H10ClN3OS. The lowest BCUT2D eigenvalue weighted by atomic mass is 10.1. The highest BCUT2D eigenvalue weighted by Crippen LogP contribution is 2.22. The van der Waals surface area contributed by atoms with Crippen LogP contribution >= 0.6 is 23.8 Å². The van der Waals surface area contributed by atoms with Crippen LogP contribution in [0.25, 0.3) is 5.69 Å². The summed E-state index contributed by atoms with van der Waals surface area (Å²) in [5.41, 5.74) is 7.13. The summed E-state index contributed by atoms with van der Waals surface area (Å²) in [6.45, 7) is 0. The van der Waals surface area contributed by atoms with Crippen molar-refractivity contribution in [3.63, 3.8) is 0 Å². The number of hydrogen-bond acceptors (Lipinski definition) is 3. The summed E-state index contributed by atoms with van der Waals surface area (Å²) in [6, 6.07) is 5.40. The van der Waals surface area contributed by atoms with Gasteiger partial charge in [-0.3, -0.25) is 0 Å². The number of nitrogens with zero attached hydrogens (tertiary/aromatic N) is 2. The van der Waals surface area contributed by atoms with Crippen molar-refractivity contribution in [1.29, 1.82) is 0 Å². The predicted octanol–water partition coefficient (Wildman–Crippen LogP) is 2.17. The molecule has 1 heterocycles. The molecule has 17 heavy (non-hydrogen) atoms. The van der Waals surface area contributed by atoms with Crippen molar-refractivity contribution in [1.82, 2.24) is 9.78 Å². The topological polar surface area (TPSA) is 53.1 Å². The van der Waals surface area contributed by atoms with Crippen LogP contribution in [0.4, 0.5) is 0 Å². The molecule has 4 nitrogen and oxygen atoms in total. The SMILES string of the molecule is COc1ccc(C(N)=S)c(-n2cc(Cl)cn2)c1. The van der Waals surface area contributed by atoms with Crippen LogP contribution in [-0.4, -0.2) is 21.9 Å². The predicted molar refractivity (Wildman–Crippen MR) is 71.0 cm³/mol. The molecule has 0 radical (unpaired) electrons. The smallest absolute Gasteiger partial charge is 0.121 e. The van der Waals surface area contributed by atoms with Crippen molar-refractivity contribution >= 4 is 28.8 Å². The van der Waals surface area contributed by atoms with E-state index in [1.54, 1.807) is 42.4 Å². The average molecular weight is 268 g/mol. The molecule has 0 amide bonds. The first-order valence-corrected chi connectivity index (χ1v) is 5.59. The van der Waals surface area contributed by atoms with Crippen molar-refractivity contribution in [2.45, 2.75) is 0 Å². The number of ether oxygens (including phenoxy) is 1. The summed E-state index contributed by atoms with van der Waals surface area (Å²) in [6.07, 6.45) is 3.22. The van der Waals surface area contributed by atoms with Crippen molar-refractivity contribution < 1.29 is 4.74 Å². The number of thiocarbonyl (C=S) groups is 1. The molecule has 0 bridgehead atoms.